The lowest BCUT2D eigenvalue weighted by Crippen LogP contribution is -2.39. The molecule has 0 aliphatic heterocycles. The van der Waals surface area contributed by atoms with E-state index in [-0.39, 0.29) is 36.0 Å². The zero-order valence-corrected chi connectivity index (χ0v) is 12.1. The molecule has 2 amide bonds. The maximum atomic E-state index is 12.8. The topological polar surface area (TPSA) is 58.2 Å². The minimum Gasteiger partial charge on any atom is -0.354 e. The van der Waals surface area contributed by atoms with Gasteiger partial charge in [-0.3, -0.25) is 9.59 Å². The van der Waals surface area contributed by atoms with Gasteiger partial charge in [0.1, 0.15) is 5.82 Å². The van der Waals surface area contributed by atoms with Crippen molar-refractivity contribution in [1.82, 2.24) is 10.6 Å². The Labute approximate surface area is 118 Å². The van der Waals surface area contributed by atoms with E-state index in [4.69, 9.17) is 0 Å². The second-order valence-corrected chi connectivity index (χ2v) is 5.13. The van der Waals surface area contributed by atoms with Crippen LogP contribution in [0.15, 0.2) is 24.3 Å². The Kier molecular flexibility index (Phi) is 6.15. The van der Waals surface area contributed by atoms with Gasteiger partial charge in [0.05, 0.1) is 6.54 Å². The smallest absolute Gasteiger partial charge is 0.239 e. The Hall–Kier alpha value is -1.91. The lowest BCUT2D eigenvalue weighted by molar-refractivity contribution is -0.127. The van der Waals surface area contributed by atoms with Gasteiger partial charge < -0.3 is 10.6 Å². The van der Waals surface area contributed by atoms with E-state index in [9.17, 15) is 14.0 Å². The van der Waals surface area contributed by atoms with E-state index in [1.807, 2.05) is 6.92 Å². The molecule has 2 N–H and O–H groups in total. The maximum Gasteiger partial charge on any atom is 0.239 e. The van der Waals surface area contributed by atoms with Gasteiger partial charge in [-0.05, 0) is 23.6 Å². The molecule has 1 aromatic rings. The average Bonchev–Trinajstić information content (AvgIpc) is 2.42. The first-order valence-electron chi connectivity index (χ1n) is 6.70. The summed E-state index contributed by atoms with van der Waals surface area (Å²) in [6, 6.07) is 6.20. The number of hydrogen-bond acceptors (Lipinski definition) is 2. The van der Waals surface area contributed by atoms with Crippen LogP contribution in [0.1, 0.15) is 32.3 Å². The van der Waals surface area contributed by atoms with Gasteiger partial charge >= 0.3 is 0 Å². The van der Waals surface area contributed by atoms with Crippen LogP contribution >= 0.6 is 0 Å². The third-order valence-corrected chi connectivity index (χ3v) is 2.99. The highest BCUT2D eigenvalue weighted by Gasteiger charge is 2.10. The van der Waals surface area contributed by atoms with Crippen molar-refractivity contribution in [2.75, 3.05) is 13.1 Å². The summed E-state index contributed by atoms with van der Waals surface area (Å²) >= 11 is 0. The van der Waals surface area contributed by atoms with Crippen molar-refractivity contribution in [3.05, 3.63) is 35.6 Å². The molecule has 1 atom stereocenters. The first kappa shape index (κ1) is 16.1. The van der Waals surface area contributed by atoms with E-state index in [0.29, 0.717) is 6.54 Å². The number of carbonyl (C=O) groups excluding carboxylic acids is 2. The van der Waals surface area contributed by atoms with Gasteiger partial charge in [-0.1, -0.05) is 32.9 Å². The molecule has 0 fully saturated rings. The number of amides is 2. The molecule has 0 saturated carbocycles. The van der Waals surface area contributed by atoms with Crippen LogP contribution in [0, 0.1) is 11.7 Å². The molecule has 0 radical (unpaired) electrons. The van der Waals surface area contributed by atoms with Crippen LogP contribution in [0.25, 0.3) is 0 Å². The van der Waals surface area contributed by atoms with Crippen LogP contribution in [-0.4, -0.2) is 24.9 Å². The Morgan fingerprint density at radius 1 is 1.10 bits per heavy atom. The van der Waals surface area contributed by atoms with Gasteiger partial charge in [-0.2, -0.15) is 0 Å². The van der Waals surface area contributed by atoms with Crippen molar-refractivity contribution >= 4 is 11.8 Å². The summed E-state index contributed by atoms with van der Waals surface area (Å²) in [6.07, 6.45) is 0. The molecule has 1 aromatic carbocycles. The van der Waals surface area contributed by atoms with Gasteiger partial charge in [-0.15, -0.1) is 0 Å². The van der Waals surface area contributed by atoms with Gasteiger partial charge in [0, 0.05) is 12.5 Å². The Balaban J connectivity index is 2.33. The van der Waals surface area contributed by atoms with E-state index in [1.165, 1.54) is 12.1 Å². The molecular weight excluding hydrogens is 259 g/mol. The van der Waals surface area contributed by atoms with E-state index in [0.717, 1.165) is 5.56 Å². The zero-order valence-electron chi connectivity index (χ0n) is 12.1. The van der Waals surface area contributed by atoms with Crippen LogP contribution in [0.5, 0.6) is 0 Å². The molecule has 0 aliphatic rings. The first-order chi connectivity index (χ1) is 9.40. The predicted octanol–water partition coefficient (Wildman–Crippen LogP) is 1.82. The molecule has 0 spiro atoms. The van der Waals surface area contributed by atoms with E-state index >= 15 is 0 Å². The molecule has 0 heterocycles. The Morgan fingerprint density at radius 3 is 2.25 bits per heavy atom. The highest BCUT2D eigenvalue weighted by Crippen LogP contribution is 2.14. The molecule has 5 heteroatoms. The third kappa shape index (κ3) is 5.38. The summed E-state index contributed by atoms with van der Waals surface area (Å²) in [5.41, 5.74) is 0.956. The number of rotatable bonds is 6. The molecular formula is C15H21FN2O2. The highest BCUT2D eigenvalue weighted by atomic mass is 19.1. The van der Waals surface area contributed by atoms with Crippen LogP contribution in [0.3, 0.4) is 0 Å². The highest BCUT2D eigenvalue weighted by molar-refractivity contribution is 5.85. The molecule has 20 heavy (non-hydrogen) atoms. The second kappa shape index (κ2) is 7.62. The summed E-state index contributed by atoms with van der Waals surface area (Å²) < 4.78 is 12.8. The fourth-order valence-corrected chi connectivity index (χ4v) is 1.61. The van der Waals surface area contributed by atoms with Crippen molar-refractivity contribution in [1.29, 1.82) is 0 Å². The fourth-order valence-electron chi connectivity index (χ4n) is 1.61. The van der Waals surface area contributed by atoms with Crippen LogP contribution in [-0.2, 0) is 9.59 Å². The summed E-state index contributed by atoms with van der Waals surface area (Å²) in [6.45, 7) is 5.91. The van der Waals surface area contributed by atoms with Gasteiger partial charge in [0.15, 0.2) is 0 Å². The van der Waals surface area contributed by atoms with Crippen molar-refractivity contribution in [2.24, 2.45) is 5.92 Å². The molecule has 1 rings (SSSR count). The van der Waals surface area contributed by atoms with Crippen molar-refractivity contribution < 1.29 is 14.0 Å². The molecule has 0 aromatic heterocycles. The zero-order chi connectivity index (χ0) is 15.1. The minimum atomic E-state index is -0.276. The molecule has 110 valence electrons. The lowest BCUT2D eigenvalue weighted by Gasteiger charge is -2.14. The van der Waals surface area contributed by atoms with Crippen molar-refractivity contribution in [3.63, 3.8) is 0 Å². The van der Waals surface area contributed by atoms with Crippen LogP contribution in [0.2, 0.25) is 0 Å². The molecule has 1 unspecified atom stereocenters. The molecule has 0 bridgehead atoms. The van der Waals surface area contributed by atoms with E-state index in [2.05, 4.69) is 10.6 Å². The molecule has 4 nitrogen and oxygen atoms in total. The normalized spacial score (nSPS) is 12.1. The van der Waals surface area contributed by atoms with Crippen LogP contribution in [0.4, 0.5) is 4.39 Å². The second-order valence-electron chi connectivity index (χ2n) is 5.13. The lowest BCUT2D eigenvalue weighted by atomic mass is 10.0. The quantitative estimate of drug-likeness (QED) is 0.835. The first-order valence-corrected chi connectivity index (χ1v) is 6.70. The SMILES string of the molecule is CC(C)C(=O)NCC(=O)NCC(C)c1ccc(F)cc1. The van der Waals surface area contributed by atoms with Gasteiger partial charge in [0.2, 0.25) is 11.8 Å². The van der Waals surface area contributed by atoms with Gasteiger partial charge in [-0.25, -0.2) is 4.39 Å². The van der Waals surface area contributed by atoms with Gasteiger partial charge in [0.25, 0.3) is 0 Å². The molecule has 0 aliphatic carbocycles. The summed E-state index contributed by atoms with van der Waals surface area (Å²) in [4.78, 5) is 22.9. The summed E-state index contributed by atoms with van der Waals surface area (Å²) in [5.74, 6) is -0.706. The Bertz CT molecular complexity index is 457. The molecule has 0 saturated heterocycles. The third-order valence-electron chi connectivity index (χ3n) is 2.99. The van der Waals surface area contributed by atoms with Crippen LogP contribution < -0.4 is 10.6 Å². The number of halogens is 1. The number of nitrogens with one attached hydrogen (secondary N) is 2. The standard InChI is InChI=1S/C15H21FN2O2/c1-10(2)15(20)18-9-14(19)17-8-11(3)12-4-6-13(16)7-5-12/h4-7,10-11H,8-9H2,1-3H3,(H,17,19)(H,18,20). The van der Waals surface area contributed by atoms with Crippen molar-refractivity contribution in [3.8, 4) is 0 Å². The Morgan fingerprint density at radius 2 is 1.70 bits per heavy atom. The largest absolute Gasteiger partial charge is 0.354 e. The predicted molar refractivity (Wildman–Crippen MR) is 75.7 cm³/mol. The average molecular weight is 280 g/mol. The number of carbonyl (C=O) groups is 2. The number of benzene rings is 1. The summed E-state index contributed by atoms with van der Waals surface area (Å²) in [5, 5.41) is 5.29. The minimum absolute atomic E-state index is 0.0207. The van der Waals surface area contributed by atoms with Crippen molar-refractivity contribution in [2.45, 2.75) is 26.7 Å². The summed E-state index contributed by atoms with van der Waals surface area (Å²) in [7, 11) is 0. The fraction of sp³-hybridized carbons (Fsp3) is 0.467. The maximum absolute atomic E-state index is 12.8. The monoisotopic (exact) mass is 280 g/mol. The van der Waals surface area contributed by atoms with E-state index < -0.39 is 0 Å². The van der Waals surface area contributed by atoms with E-state index in [1.54, 1.807) is 26.0 Å². The number of hydrogen-bond donors (Lipinski definition) is 2.